The molecule has 0 aromatic heterocycles. The Kier molecular flexibility index (Phi) is 4.64. The average molecular weight is 221 g/mol. The van der Waals surface area contributed by atoms with E-state index in [0.29, 0.717) is 0 Å². The van der Waals surface area contributed by atoms with Gasteiger partial charge >= 0.3 is 0 Å². The van der Waals surface area contributed by atoms with Crippen molar-refractivity contribution >= 4 is 22.4 Å². The Bertz CT molecular complexity index is 427. The summed E-state index contributed by atoms with van der Waals surface area (Å²) in [7, 11) is 0. The van der Waals surface area contributed by atoms with Crippen molar-refractivity contribution in [1.82, 2.24) is 0 Å². The van der Waals surface area contributed by atoms with Crippen molar-refractivity contribution < 1.29 is 0 Å². The molecule has 0 aliphatic rings. The molecular weight excluding hydrogens is 204 g/mol. The van der Waals surface area contributed by atoms with Crippen LogP contribution in [-0.4, -0.2) is 0 Å². The molecule has 2 aromatic rings. The Morgan fingerprint density at radius 2 is 1.60 bits per heavy atom. The fourth-order valence-corrected chi connectivity index (χ4v) is 1.97. The normalized spacial score (nSPS) is 9.60. The highest BCUT2D eigenvalue weighted by atomic mass is 35.5. The van der Waals surface area contributed by atoms with Crippen LogP contribution in [0.25, 0.3) is 10.8 Å². The van der Waals surface area contributed by atoms with Crippen molar-refractivity contribution in [3.8, 4) is 0 Å². The number of aryl methyl sites for hydroxylation is 1. The van der Waals surface area contributed by atoms with E-state index in [-0.39, 0.29) is 0 Å². The van der Waals surface area contributed by atoms with Crippen molar-refractivity contribution in [2.75, 3.05) is 0 Å². The number of halogens is 1. The first-order chi connectivity index (χ1) is 7.33. The second kappa shape index (κ2) is 5.77. The average Bonchev–Trinajstić information content (AvgIpc) is 2.31. The molecule has 0 aliphatic carbocycles. The lowest BCUT2D eigenvalue weighted by molar-refractivity contribution is 1.16. The smallest absolute Gasteiger partial charge is 0.0487 e. The molecule has 1 heteroatoms. The van der Waals surface area contributed by atoms with Gasteiger partial charge in [0.25, 0.3) is 0 Å². The van der Waals surface area contributed by atoms with Gasteiger partial charge in [-0.1, -0.05) is 62.7 Å². The van der Waals surface area contributed by atoms with Crippen LogP contribution >= 0.6 is 11.6 Å². The standard InChI is InChI=1S/C12H11Cl.C2H6/c1-2-9-5-3-6-10-7-4-8-11(13)12(9)10;1-2/h3-8H,2H2,1H3;1-2H3. The quantitative estimate of drug-likeness (QED) is 0.629. The number of benzene rings is 2. The van der Waals surface area contributed by atoms with Gasteiger partial charge in [-0.25, -0.2) is 0 Å². The summed E-state index contributed by atoms with van der Waals surface area (Å²) in [6, 6.07) is 12.3. The first kappa shape index (κ1) is 12.1. The SMILES string of the molecule is CC.CCc1cccc2cccc(Cl)c12. The van der Waals surface area contributed by atoms with Gasteiger partial charge in [0, 0.05) is 10.4 Å². The van der Waals surface area contributed by atoms with E-state index in [0.717, 1.165) is 11.4 Å². The number of fused-ring (bicyclic) bond motifs is 1. The molecule has 0 amide bonds. The molecule has 0 saturated carbocycles. The third-order valence-corrected chi connectivity index (χ3v) is 2.64. The van der Waals surface area contributed by atoms with E-state index < -0.39 is 0 Å². The van der Waals surface area contributed by atoms with Gasteiger partial charge in [-0.3, -0.25) is 0 Å². The maximum Gasteiger partial charge on any atom is 0.0487 e. The van der Waals surface area contributed by atoms with Gasteiger partial charge in [-0.2, -0.15) is 0 Å². The predicted molar refractivity (Wildman–Crippen MR) is 69.7 cm³/mol. The molecule has 0 atom stereocenters. The molecule has 0 nitrogen and oxygen atoms in total. The predicted octanol–water partition coefficient (Wildman–Crippen LogP) is 5.08. The Morgan fingerprint density at radius 3 is 2.20 bits per heavy atom. The van der Waals surface area contributed by atoms with Crippen LogP contribution in [-0.2, 0) is 6.42 Å². The zero-order chi connectivity index (χ0) is 11.3. The lowest BCUT2D eigenvalue weighted by Gasteiger charge is -2.05. The van der Waals surface area contributed by atoms with Gasteiger partial charge in [-0.15, -0.1) is 0 Å². The summed E-state index contributed by atoms with van der Waals surface area (Å²) in [5, 5.41) is 3.29. The highest BCUT2D eigenvalue weighted by Gasteiger charge is 2.01. The van der Waals surface area contributed by atoms with Crippen molar-refractivity contribution in [3.05, 3.63) is 47.0 Å². The van der Waals surface area contributed by atoms with Gasteiger partial charge in [-0.05, 0) is 23.4 Å². The van der Waals surface area contributed by atoms with E-state index in [1.54, 1.807) is 0 Å². The Labute approximate surface area is 96.9 Å². The summed E-state index contributed by atoms with van der Waals surface area (Å²) in [5.41, 5.74) is 1.32. The van der Waals surface area contributed by atoms with Crippen LogP contribution < -0.4 is 0 Å². The third kappa shape index (κ3) is 2.51. The third-order valence-electron chi connectivity index (χ3n) is 2.32. The molecule has 0 radical (unpaired) electrons. The zero-order valence-corrected chi connectivity index (χ0v) is 10.3. The van der Waals surface area contributed by atoms with Crippen LogP contribution in [0.5, 0.6) is 0 Å². The van der Waals surface area contributed by atoms with Crippen molar-refractivity contribution in [3.63, 3.8) is 0 Å². The minimum atomic E-state index is 0.856. The summed E-state index contributed by atoms with van der Waals surface area (Å²) in [5.74, 6) is 0. The maximum atomic E-state index is 6.14. The molecule has 0 aliphatic heterocycles. The molecular formula is C14H17Cl. The maximum absolute atomic E-state index is 6.14. The second-order valence-corrected chi connectivity index (χ2v) is 3.52. The molecule has 15 heavy (non-hydrogen) atoms. The molecule has 0 spiro atoms. The minimum absolute atomic E-state index is 0.856. The fourth-order valence-electron chi connectivity index (χ4n) is 1.66. The molecule has 0 N–H and O–H groups in total. The molecule has 80 valence electrons. The van der Waals surface area contributed by atoms with Gasteiger partial charge in [0.05, 0.1) is 0 Å². The molecule has 2 aromatic carbocycles. The molecule has 0 saturated heterocycles. The van der Waals surface area contributed by atoms with E-state index in [1.165, 1.54) is 16.3 Å². The first-order valence-corrected chi connectivity index (χ1v) is 5.87. The number of hydrogen-bond acceptors (Lipinski definition) is 0. The monoisotopic (exact) mass is 220 g/mol. The molecule has 0 bridgehead atoms. The summed E-state index contributed by atoms with van der Waals surface area (Å²) in [6.07, 6.45) is 1.03. The highest BCUT2D eigenvalue weighted by Crippen LogP contribution is 2.26. The van der Waals surface area contributed by atoms with Gasteiger partial charge < -0.3 is 0 Å². The minimum Gasteiger partial charge on any atom is -0.0837 e. The summed E-state index contributed by atoms with van der Waals surface area (Å²) in [4.78, 5) is 0. The Hall–Kier alpha value is -1.01. The summed E-state index contributed by atoms with van der Waals surface area (Å²) < 4.78 is 0. The van der Waals surface area contributed by atoms with Gasteiger partial charge in [0.1, 0.15) is 0 Å². The van der Waals surface area contributed by atoms with E-state index in [2.05, 4.69) is 31.2 Å². The summed E-state index contributed by atoms with van der Waals surface area (Å²) in [6.45, 7) is 6.15. The van der Waals surface area contributed by atoms with Gasteiger partial charge in [0.2, 0.25) is 0 Å². The second-order valence-electron chi connectivity index (χ2n) is 3.11. The van der Waals surface area contributed by atoms with Gasteiger partial charge in [0.15, 0.2) is 0 Å². The molecule has 0 heterocycles. The Balaban J connectivity index is 0.000000531. The van der Waals surface area contributed by atoms with E-state index in [4.69, 9.17) is 11.6 Å². The van der Waals surface area contributed by atoms with Crippen LogP contribution in [0.4, 0.5) is 0 Å². The van der Waals surface area contributed by atoms with Crippen LogP contribution in [0, 0.1) is 0 Å². The highest BCUT2D eigenvalue weighted by molar-refractivity contribution is 6.35. The number of hydrogen-bond donors (Lipinski definition) is 0. The van der Waals surface area contributed by atoms with Crippen molar-refractivity contribution in [2.24, 2.45) is 0 Å². The van der Waals surface area contributed by atoms with Crippen LogP contribution in [0.2, 0.25) is 5.02 Å². The zero-order valence-electron chi connectivity index (χ0n) is 9.55. The molecule has 0 fully saturated rings. The Morgan fingerprint density at radius 1 is 1.00 bits per heavy atom. The fraction of sp³-hybridized carbons (Fsp3) is 0.286. The lowest BCUT2D eigenvalue weighted by atomic mass is 10.0. The first-order valence-electron chi connectivity index (χ1n) is 5.49. The lowest BCUT2D eigenvalue weighted by Crippen LogP contribution is -1.83. The molecule has 0 unspecified atom stereocenters. The van der Waals surface area contributed by atoms with E-state index in [1.807, 2.05) is 26.0 Å². The topological polar surface area (TPSA) is 0 Å². The van der Waals surface area contributed by atoms with Crippen molar-refractivity contribution in [1.29, 1.82) is 0 Å². The van der Waals surface area contributed by atoms with Crippen LogP contribution in [0.1, 0.15) is 26.3 Å². The molecule has 2 rings (SSSR count). The van der Waals surface area contributed by atoms with E-state index in [9.17, 15) is 0 Å². The van der Waals surface area contributed by atoms with Crippen molar-refractivity contribution in [2.45, 2.75) is 27.2 Å². The van der Waals surface area contributed by atoms with Crippen LogP contribution in [0.15, 0.2) is 36.4 Å². The van der Waals surface area contributed by atoms with E-state index >= 15 is 0 Å². The van der Waals surface area contributed by atoms with Crippen LogP contribution in [0.3, 0.4) is 0 Å². The largest absolute Gasteiger partial charge is 0.0837 e. The number of rotatable bonds is 1. The summed E-state index contributed by atoms with van der Waals surface area (Å²) >= 11 is 6.14.